The Bertz CT molecular complexity index is 626. The number of nitrogens with one attached hydrogen (secondary N) is 1. The molecular formula is C17H25N3OS. The first-order chi connectivity index (χ1) is 10.7. The summed E-state index contributed by atoms with van der Waals surface area (Å²) in [6.07, 6.45) is 5.24. The Labute approximate surface area is 136 Å². The van der Waals surface area contributed by atoms with Gasteiger partial charge in [0, 0.05) is 42.0 Å². The van der Waals surface area contributed by atoms with E-state index in [1.807, 2.05) is 0 Å². The van der Waals surface area contributed by atoms with Gasteiger partial charge in [-0.1, -0.05) is 12.8 Å². The van der Waals surface area contributed by atoms with Crippen LogP contribution in [0.3, 0.4) is 0 Å². The van der Waals surface area contributed by atoms with Gasteiger partial charge in [0.05, 0.1) is 12.3 Å². The molecule has 4 nitrogen and oxygen atoms in total. The number of rotatable bonds is 6. The predicted molar refractivity (Wildman–Crippen MR) is 92.8 cm³/mol. The number of methoxy groups -OCH3 is 1. The van der Waals surface area contributed by atoms with Crippen LogP contribution in [-0.4, -0.2) is 29.3 Å². The van der Waals surface area contributed by atoms with Gasteiger partial charge >= 0.3 is 0 Å². The van der Waals surface area contributed by atoms with Crippen molar-refractivity contribution in [3.8, 4) is 11.3 Å². The zero-order valence-corrected chi connectivity index (χ0v) is 14.5. The molecular weight excluding hydrogens is 294 g/mol. The normalized spacial score (nSPS) is 15.6. The fourth-order valence-corrected chi connectivity index (χ4v) is 4.08. The third-order valence-electron chi connectivity index (χ3n) is 4.56. The Morgan fingerprint density at radius 3 is 2.86 bits per heavy atom. The molecule has 2 heterocycles. The maximum atomic E-state index is 5.20. The van der Waals surface area contributed by atoms with E-state index in [-0.39, 0.29) is 0 Å². The molecule has 120 valence electrons. The summed E-state index contributed by atoms with van der Waals surface area (Å²) in [5, 5.41) is 6.81. The fourth-order valence-electron chi connectivity index (χ4n) is 3.30. The maximum absolute atomic E-state index is 5.20. The molecule has 0 bridgehead atoms. The van der Waals surface area contributed by atoms with Gasteiger partial charge in [-0.2, -0.15) is 0 Å². The average Bonchev–Trinajstić information content (AvgIpc) is 3.21. The smallest absolute Gasteiger partial charge is 0.183 e. The molecule has 3 rings (SSSR count). The molecule has 2 aromatic rings. The molecule has 0 aromatic carbocycles. The molecule has 1 saturated carbocycles. The van der Waals surface area contributed by atoms with E-state index in [1.54, 1.807) is 18.4 Å². The van der Waals surface area contributed by atoms with Crippen LogP contribution in [0.2, 0.25) is 0 Å². The average molecular weight is 319 g/mol. The molecule has 0 atom stereocenters. The van der Waals surface area contributed by atoms with Crippen molar-refractivity contribution in [3.05, 3.63) is 22.8 Å². The Kier molecular flexibility index (Phi) is 4.84. The van der Waals surface area contributed by atoms with Gasteiger partial charge < -0.3 is 14.6 Å². The number of nitrogens with zero attached hydrogens (tertiary/aromatic N) is 2. The lowest BCUT2D eigenvalue weighted by atomic mass is 10.2. The summed E-state index contributed by atoms with van der Waals surface area (Å²) in [5.74, 6) is 0. The van der Waals surface area contributed by atoms with E-state index in [1.165, 1.54) is 42.6 Å². The van der Waals surface area contributed by atoms with E-state index in [9.17, 15) is 0 Å². The minimum absolute atomic E-state index is 0.619. The van der Waals surface area contributed by atoms with Crippen LogP contribution in [0.25, 0.3) is 11.3 Å². The van der Waals surface area contributed by atoms with Gasteiger partial charge in [-0.3, -0.25) is 0 Å². The number of aryl methyl sites for hydroxylation is 1. The lowest BCUT2D eigenvalue weighted by Crippen LogP contribution is -2.14. The van der Waals surface area contributed by atoms with Crippen LogP contribution in [-0.2, 0) is 11.3 Å². The predicted octanol–water partition coefficient (Wildman–Crippen LogP) is 4.23. The van der Waals surface area contributed by atoms with Gasteiger partial charge in [-0.15, -0.1) is 11.3 Å². The second-order valence-corrected chi connectivity index (χ2v) is 6.95. The largest absolute Gasteiger partial charge is 0.383 e. The van der Waals surface area contributed by atoms with Crippen molar-refractivity contribution < 1.29 is 4.74 Å². The highest BCUT2D eigenvalue weighted by Crippen LogP contribution is 2.31. The second kappa shape index (κ2) is 6.84. The molecule has 1 aliphatic carbocycles. The van der Waals surface area contributed by atoms with Crippen LogP contribution in [0.15, 0.2) is 11.4 Å². The molecule has 0 unspecified atom stereocenters. The molecule has 1 N–H and O–H groups in total. The molecule has 1 aliphatic rings. The van der Waals surface area contributed by atoms with Gasteiger partial charge in [-0.05, 0) is 32.8 Å². The van der Waals surface area contributed by atoms with Crippen molar-refractivity contribution in [2.24, 2.45) is 0 Å². The summed E-state index contributed by atoms with van der Waals surface area (Å²) in [7, 11) is 1.75. The lowest BCUT2D eigenvalue weighted by Gasteiger charge is -2.09. The molecule has 0 saturated heterocycles. The van der Waals surface area contributed by atoms with E-state index < -0.39 is 0 Å². The van der Waals surface area contributed by atoms with Crippen LogP contribution in [0.5, 0.6) is 0 Å². The Balaban J connectivity index is 1.77. The number of hydrogen-bond acceptors (Lipinski definition) is 4. The fraction of sp³-hybridized carbons (Fsp3) is 0.588. The lowest BCUT2D eigenvalue weighted by molar-refractivity contribution is 0.186. The first-order valence-electron chi connectivity index (χ1n) is 8.07. The highest BCUT2D eigenvalue weighted by atomic mass is 32.1. The number of aromatic nitrogens is 2. The van der Waals surface area contributed by atoms with Crippen LogP contribution < -0.4 is 5.32 Å². The van der Waals surface area contributed by atoms with Crippen LogP contribution in [0, 0.1) is 13.8 Å². The van der Waals surface area contributed by atoms with E-state index in [0.29, 0.717) is 6.04 Å². The first kappa shape index (κ1) is 15.6. The molecule has 1 fully saturated rings. The van der Waals surface area contributed by atoms with E-state index >= 15 is 0 Å². The Hall–Kier alpha value is -1.33. The van der Waals surface area contributed by atoms with Crippen molar-refractivity contribution in [1.29, 1.82) is 0 Å². The minimum Gasteiger partial charge on any atom is -0.383 e. The summed E-state index contributed by atoms with van der Waals surface area (Å²) in [6, 6.07) is 2.85. The Morgan fingerprint density at radius 1 is 1.36 bits per heavy atom. The molecule has 5 heteroatoms. The van der Waals surface area contributed by atoms with E-state index in [0.717, 1.165) is 24.0 Å². The second-order valence-electron chi connectivity index (χ2n) is 6.09. The summed E-state index contributed by atoms with van der Waals surface area (Å²) in [6.45, 7) is 5.95. The number of ether oxygens (including phenoxy) is 1. The van der Waals surface area contributed by atoms with E-state index in [4.69, 9.17) is 9.72 Å². The van der Waals surface area contributed by atoms with Gasteiger partial charge in [0.1, 0.15) is 0 Å². The van der Waals surface area contributed by atoms with Crippen molar-refractivity contribution in [2.45, 2.75) is 52.1 Å². The van der Waals surface area contributed by atoms with E-state index in [2.05, 4.69) is 35.2 Å². The Morgan fingerprint density at radius 2 is 2.14 bits per heavy atom. The summed E-state index contributed by atoms with van der Waals surface area (Å²) in [4.78, 5) is 4.80. The molecule has 0 aliphatic heterocycles. The van der Waals surface area contributed by atoms with Crippen LogP contribution in [0.1, 0.15) is 37.1 Å². The van der Waals surface area contributed by atoms with Gasteiger partial charge in [-0.25, -0.2) is 4.98 Å². The topological polar surface area (TPSA) is 39.1 Å². The van der Waals surface area contributed by atoms with Crippen LogP contribution in [0.4, 0.5) is 5.13 Å². The quantitative estimate of drug-likeness (QED) is 0.866. The van der Waals surface area contributed by atoms with Gasteiger partial charge in [0.15, 0.2) is 5.13 Å². The monoisotopic (exact) mass is 319 g/mol. The zero-order valence-electron chi connectivity index (χ0n) is 13.7. The minimum atomic E-state index is 0.619. The third-order valence-corrected chi connectivity index (χ3v) is 5.33. The van der Waals surface area contributed by atoms with Crippen molar-refractivity contribution >= 4 is 16.5 Å². The standard InChI is InChI=1S/C17H25N3OS/c1-12-10-15(13(2)20(12)8-9-21-3)16-11-22-17(19-16)18-14-6-4-5-7-14/h10-11,14H,4-9H2,1-3H3,(H,18,19). The number of anilines is 1. The molecule has 0 radical (unpaired) electrons. The van der Waals surface area contributed by atoms with Crippen molar-refractivity contribution in [1.82, 2.24) is 9.55 Å². The number of hydrogen-bond donors (Lipinski definition) is 1. The molecule has 0 spiro atoms. The molecule has 0 amide bonds. The summed E-state index contributed by atoms with van der Waals surface area (Å²) in [5.41, 5.74) is 4.86. The molecule has 2 aromatic heterocycles. The molecule has 22 heavy (non-hydrogen) atoms. The number of thiazole rings is 1. The summed E-state index contributed by atoms with van der Waals surface area (Å²) < 4.78 is 7.51. The van der Waals surface area contributed by atoms with Gasteiger partial charge in [0.25, 0.3) is 0 Å². The highest BCUT2D eigenvalue weighted by Gasteiger charge is 2.17. The SMILES string of the molecule is COCCn1c(C)cc(-c2csc(NC3CCCC3)n2)c1C. The van der Waals surface area contributed by atoms with Crippen molar-refractivity contribution in [3.63, 3.8) is 0 Å². The first-order valence-corrected chi connectivity index (χ1v) is 8.95. The third kappa shape index (κ3) is 3.20. The van der Waals surface area contributed by atoms with Gasteiger partial charge in [0.2, 0.25) is 0 Å². The maximum Gasteiger partial charge on any atom is 0.183 e. The summed E-state index contributed by atoms with van der Waals surface area (Å²) >= 11 is 1.72. The van der Waals surface area contributed by atoms with Crippen molar-refractivity contribution in [2.75, 3.05) is 19.0 Å². The highest BCUT2D eigenvalue weighted by molar-refractivity contribution is 7.14. The zero-order chi connectivity index (χ0) is 15.5. The van der Waals surface area contributed by atoms with Crippen LogP contribution >= 0.6 is 11.3 Å².